The smallest absolute Gasteiger partial charge is 0.263 e. The molecule has 30 heavy (non-hydrogen) atoms. The highest BCUT2D eigenvalue weighted by atomic mass is 32.1. The van der Waals surface area contributed by atoms with Gasteiger partial charge in [0.1, 0.15) is 17.2 Å². The van der Waals surface area contributed by atoms with Gasteiger partial charge in [0.15, 0.2) is 0 Å². The molecule has 1 saturated heterocycles. The van der Waals surface area contributed by atoms with Gasteiger partial charge in [0, 0.05) is 24.0 Å². The molecule has 5 rings (SSSR count). The van der Waals surface area contributed by atoms with Gasteiger partial charge in [-0.2, -0.15) is 0 Å². The number of amides is 1. The van der Waals surface area contributed by atoms with Gasteiger partial charge in [-0.3, -0.25) is 14.2 Å². The fraction of sp³-hybridized carbons (Fsp3) is 0.435. The Hall–Kier alpha value is -2.54. The molecule has 0 unspecified atom stereocenters. The fourth-order valence-corrected chi connectivity index (χ4v) is 5.90. The maximum atomic E-state index is 13.3. The van der Waals surface area contributed by atoms with Gasteiger partial charge >= 0.3 is 0 Å². The molecule has 0 bridgehead atoms. The molecule has 1 aliphatic heterocycles. The van der Waals surface area contributed by atoms with Gasteiger partial charge in [0.05, 0.1) is 11.7 Å². The number of likely N-dealkylation sites (tertiary alicyclic amines) is 1. The van der Waals surface area contributed by atoms with Crippen molar-refractivity contribution in [3.8, 4) is 11.1 Å². The van der Waals surface area contributed by atoms with Crippen LogP contribution in [0.15, 0.2) is 40.8 Å². The van der Waals surface area contributed by atoms with Crippen molar-refractivity contribution in [2.24, 2.45) is 11.8 Å². The van der Waals surface area contributed by atoms with E-state index < -0.39 is 0 Å². The highest BCUT2D eigenvalue weighted by Crippen LogP contribution is 2.36. The summed E-state index contributed by atoms with van der Waals surface area (Å²) in [5, 5.41) is 2.36. The first kappa shape index (κ1) is 19.4. The van der Waals surface area contributed by atoms with Gasteiger partial charge in [-0.1, -0.05) is 31.4 Å². The van der Waals surface area contributed by atoms with Crippen molar-refractivity contribution in [1.29, 1.82) is 0 Å². The molecule has 2 fully saturated rings. The number of thiophene rings is 1. The maximum Gasteiger partial charge on any atom is 0.263 e. The third kappa shape index (κ3) is 3.55. The van der Waals surface area contributed by atoms with Crippen molar-refractivity contribution in [1.82, 2.24) is 14.5 Å². The lowest BCUT2D eigenvalue weighted by Gasteiger charge is -2.41. The van der Waals surface area contributed by atoms with Crippen LogP contribution in [0.4, 0.5) is 4.39 Å². The molecule has 3 aromatic rings. The number of rotatable bonds is 3. The Morgan fingerprint density at radius 3 is 2.70 bits per heavy atom. The third-order valence-electron chi connectivity index (χ3n) is 6.67. The van der Waals surface area contributed by atoms with E-state index in [0.717, 1.165) is 36.6 Å². The largest absolute Gasteiger partial charge is 0.341 e. The van der Waals surface area contributed by atoms with Crippen LogP contribution in [-0.2, 0) is 11.3 Å². The van der Waals surface area contributed by atoms with Crippen LogP contribution in [0, 0.1) is 17.7 Å². The van der Waals surface area contributed by atoms with E-state index in [1.54, 1.807) is 12.1 Å². The van der Waals surface area contributed by atoms with Crippen molar-refractivity contribution in [2.45, 2.75) is 38.6 Å². The number of benzene rings is 1. The minimum atomic E-state index is -0.318. The van der Waals surface area contributed by atoms with E-state index in [1.807, 2.05) is 10.3 Å². The van der Waals surface area contributed by atoms with E-state index in [4.69, 9.17) is 0 Å². The van der Waals surface area contributed by atoms with E-state index >= 15 is 0 Å². The van der Waals surface area contributed by atoms with Gasteiger partial charge in [-0.05, 0) is 42.4 Å². The fourth-order valence-electron chi connectivity index (χ4n) is 5.00. The second kappa shape index (κ2) is 7.95. The van der Waals surface area contributed by atoms with Crippen molar-refractivity contribution < 1.29 is 9.18 Å². The Kier molecular flexibility index (Phi) is 5.15. The van der Waals surface area contributed by atoms with Crippen molar-refractivity contribution >= 4 is 27.5 Å². The molecular weight excluding hydrogens is 401 g/mol. The number of nitrogens with zero attached hydrogens (tertiary/aromatic N) is 3. The summed E-state index contributed by atoms with van der Waals surface area (Å²) in [5.41, 5.74) is 1.28. The van der Waals surface area contributed by atoms with Gasteiger partial charge in [0.2, 0.25) is 5.91 Å². The lowest BCUT2D eigenvalue weighted by molar-refractivity contribution is -0.135. The molecule has 3 heterocycles. The Morgan fingerprint density at radius 1 is 1.13 bits per heavy atom. The van der Waals surface area contributed by atoms with Crippen LogP contribution in [-0.4, -0.2) is 33.4 Å². The van der Waals surface area contributed by atoms with E-state index in [1.165, 1.54) is 60.0 Å². The summed E-state index contributed by atoms with van der Waals surface area (Å²) in [6.45, 7) is 1.61. The summed E-state index contributed by atoms with van der Waals surface area (Å²) in [4.78, 5) is 33.1. The SMILES string of the molecule is O=C(Cn1cnc2scc(-c3ccc(F)cc3)c2c1=O)N1CC[C@H]2CCCC[C@@H]2C1. The zero-order valence-corrected chi connectivity index (χ0v) is 17.5. The molecule has 0 spiro atoms. The molecule has 1 saturated carbocycles. The number of hydrogen-bond donors (Lipinski definition) is 0. The zero-order chi connectivity index (χ0) is 20.7. The zero-order valence-electron chi connectivity index (χ0n) is 16.7. The van der Waals surface area contributed by atoms with Crippen LogP contribution in [0.5, 0.6) is 0 Å². The number of aromatic nitrogens is 2. The topological polar surface area (TPSA) is 55.2 Å². The highest BCUT2D eigenvalue weighted by molar-refractivity contribution is 7.17. The molecule has 1 amide bonds. The van der Waals surface area contributed by atoms with Gasteiger partial charge < -0.3 is 4.90 Å². The Bertz CT molecular complexity index is 1140. The summed E-state index contributed by atoms with van der Waals surface area (Å²) in [7, 11) is 0. The Balaban J connectivity index is 1.40. The number of hydrogen-bond acceptors (Lipinski definition) is 4. The number of fused-ring (bicyclic) bond motifs is 2. The van der Waals surface area contributed by atoms with Crippen molar-refractivity contribution in [2.75, 3.05) is 13.1 Å². The first-order chi connectivity index (χ1) is 14.6. The second-order valence-electron chi connectivity index (χ2n) is 8.45. The van der Waals surface area contributed by atoms with E-state index in [9.17, 15) is 14.0 Å². The molecule has 0 radical (unpaired) electrons. The first-order valence-electron chi connectivity index (χ1n) is 10.6. The van der Waals surface area contributed by atoms with E-state index in [-0.39, 0.29) is 23.8 Å². The summed E-state index contributed by atoms with van der Waals surface area (Å²) < 4.78 is 14.7. The quantitative estimate of drug-likeness (QED) is 0.629. The Morgan fingerprint density at radius 2 is 1.90 bits per heavy atom. The molecule has 2 aromatic heterocycles. The van der Waals surface area contributed by atoms with Crippen molar-refractivity contribution in [3.63, 3.8) is 0 Å². The number of carbonyl (C=O) groups excluding carboxylic acids is 1. The number of piperidine rings is 1. The average molecular weight is 426 g/mol. The summed E-state index contributed by atoms with van der Waals surface area (Å²) in [6.07, 6.45) is 7.61. The van der Waals surface area contributed by atoms with E-state index in [0.29, 0.717) is 16.1 Å². The minimum absolute atomic E-state index is 0.0118. The molecule has 2 atom stereocenters. The highest BCUT2D eigenvalue weighted by Gasteiger charge is 2.33. The van der Waals surface area contributed by atoms with Crippen LogP contribution in [0.3, 0.4) is 0 Å². The summed E-state index contributed by atoms with van der Waals surface area (Å²) >= 11 is 1.38. The average Bonchev–Trinajstić information content (AvgIpc) is 3.21. The van der Waals surface area contributed by atoms with Gasteiger partial charge in [-0.25, -0.2) is 9.37 Å². The van der Waals surface area contributed by atoms with Crippen LogP contribution in [0.25, 0.3) is 21.3 Å². The van der Waals surface area contributed by atoms with Crippen LogP contribution in [0.1, 0.15) is 32.1 Å². The predicted molar refractivity (Wildman–Crippen MR) is 116 cm³/mol. The van der Waals surface area contributed by atoms with Crippen LogP contribution < -0.4 is 5.56 Å². The van der Waals surface area contributed by atoms with Crippen LogP contribution in [0.2, 0.25) is 0 Å². The monoisotopic (exact) mass is 425 g/mol. The lowest BCUT2D eigenvalue weighted by Crippen LogP contribution is -2.46. The molecule has 1 aliphatic carbocycles. The molecule has 2 aliphatic rings. The van der Waals surface area contributed by atoms with Crippen LogP contribution >= 0.6 is 11.3 Å². The van der Waals surface area contributed by atoms with E-state index in [2.05, 4.69) is 4.98 Å². The molecule has 7 heteroatoms. The number of halogens is 1. The molecule has 156 valence electrons. The second-order valence-corrected chi connectivity index (χ2v) is 9.31. The molecular formula is C23H24FN3O2S. The maximum absolute atomic E-state index is 13.3. The normalized spacial score (nSPS) is 21.6. The minimum Gasteiger partial charge on any atom is -0.341 e. The van der Waals surface area contributed by atoms with Crippen molar-refractivity contribution in [3.05, 3.63) is 52.1 Å². The van der Waals surface area contributed by atoms with Gasteiger partial charge in [-0.15, -0.1) is 11.3 Å². The molecule has 1 aromatic carbocycles. The van der Waals surface area contributed by atoms with Gasteiger partial charge in [0.25, 0.3) is 5.56 Å². The summed E-state index contributed by atoms with van der Waals surface area (Å²) in [5.74, 6) is 1.03. The Labute approximate surface area is 178 Å². The molecule has 0 N–H and O–H groups in total. The first-order valence-corrected chi connectivity index (χ1v) is 11.5. The number of carbonyl (C=O) groups is 1. The predicted octanol–water partition coefficient (Wildman–Crippen LogP) is 4.30. The third-order valence-corrected chi connectivity index (χ3v) is 7.55. The molecule has 5 nitrogen and oxygen atoms in total. The summed E-state index contributed by atoms with van der Waals surface area (Å²) in [6, 6.07) is 6.08. The standard InChI is InChI=1S/C23H24FN3O2S/c24-18-7-5-16(6-8-18)19-13-30-22-21(19)23(29)27(14-25-22)12-20(28)26-10-9-15-3-1-2-4-17(15)11-26/h5-8,13-15,17H,1-4,9-12H2/t15-,17-/m1/s1. The lowest BCUT2D eigenvalue weighted by atomic mass is 9.75.